The highest BCUT2D eigenvalue weighted by Gasteiger charge is 2.22. The van der Waals surface area contributed by atoms with E-state index >= 15 is 0 Å². The van der Waals surface area contributed by atoms with E-state index in [2.05, 4.69) is 203 Å². The van der Waals surface area contributed by atoms with E-state index in [1.165, 1.54) is 112 Å². The second kappa shape index (κ2) is 12.3. The van der Waals surface area contributed by atoms with Crippen molar-refractivity contribution < 1.29 is 0 Å². The summed E-state index contributed by atoms with van der Waals surface area (Å²) in [7, 11) is 0. The number of rotatable bonds is 4. The molecule has 4 heteroatoms. The molecule has 0 atom stereocenters. The molecule has 270 valence electrons. The van der Waals surface area contributed by atoms with Crippen LogP contribution in [0.3, 0.4) is 0 Å². The minimum atomic E-state index is 1.15. The van der Waals surface area contributed by atoms with Crippen LogP contribution < -0.4 is 0 Å². The number of benzene rings is 9. The van der Waals surface area contributed by atoms with E-state index in [1.54, 1.807) is 0 Å². The van der Waals surface area contributed by atoms with Crippen molar-refractivity contribution in [3.63, 3.8) is 0 Å². The van der Waals surface area contributed by atoms with Gasteiger partial charge in [0.1, 0.15) is 0 Å². The summed E-state index contributed by atoms with van der Waals surface area (Å²) in [6, 6.07) is 71.7. The van der Waals surface area contributed by atoms with E-state index in [-0.39, 0.29) is 0 Å². The summed E-state index contributed by atoms with van der Waals surface area (Å²) in [6.45, 7) is 0. The predicted octanol–water partition coefficient (Wildman–Crippen LogP) is 16.0. The fourth-order valence-corrected chi connectivity index (χ4v) is 12.0. The Bertz CT molecular complexity index is 3780. The van der Waals surface area contributed by atoms with Crippen molar-refractivity contribution in [2.45, 2.75) is 0 Å². The summed E-state index contributed by atoms with van der Waals surface area (Å²) in [5, 5.41) is 10.3. The molecule has 4 aromatic heterocycles. The van der Waals surface area contributed by atoms with E-state index in [0.29, 0.717) is 0 Å². The van der Waals surface area contributed by atoms with Gasteiger partial charge in [-0.15, -0.1) is 22.7 Å². The van der Waals surface area contributed by atoms with Gasteiger partial charge in [0.2, 0.25) is 0 Å². The van der Waals surface area contributed by atoms with E-state index in [1.807, 2.05) is 22.7 Å². The lowest BCUT2D eigenvalue weighted by Gasteiger charge is -2.11. The fraction of sp³-hybridized carbons (Fsp3) is 0. The highest BCUT2D eigenvalue weighted by atomic mass is 32.1. The van der Waals surface area contributed by atoms with Crippen LogP contribution in [-0.4, -0.2) is 9.13 Å². The molecule has 13 aromatic rings. The maximum absolute atomic E-state index is 2.52. The second-order valence-corrected chi connectivity index (χ2v) is 17.4. The molecule has 0 bridgehead atoms. The lowest BCUT2D eigenvalue weighted by molar-refractivity contribution is 1.18. The largest absolute Gasteiger partial charge is 0.309 e. The zero-order chi connectivity index (χ0) is 37.9. The van der Waals surface area contributed by atoms with Crippen molar-refractivity contribution >= 4 is 107 Å². The fourth-order valence-electron chi connectivity index (χ4n) is 9.63. The zero-order valence-electron chi connectivity index (χ0n) is 31.2. The molecule has 9 aromatic carbocycles. The minimum Gasteiger partial charge on any atom is -0.309 e. The number of fused-ring (bicyclic) bond motifs is 13. The first-order valence-corrected chi connectivity index (χ1v) is 21.4. The first-order valence-electron chi connectivity index (χ1n) is 19.8. The van der Waals surface area contributed by atoms with Crippen LogP contribution >= 0.6 is 22.7 Å². The summed E-state index contributed by atoms with van der Waals surface area (Å²) < 4.78 is 10.3. The zero-order valence-corrected chi connectivity index (χ0v) is 32.8. The van der Waals surface area contributed by atoms with Crippen molar-refractivity contribution in [3.8, 4) is 33.6 Å². The Hall–Kier alpha value is -6.98. The normalized spacial score (nSPS) is 12.1. The van der Waals surface area contributed by atoms with Gasteiger partial charge in [0.15, 0.2) is 0 Å². The van der Waals surface area contributed by atoms with E-state index < -0.39 is 0 Å². The van der Waals surface area contributed by atoms with Crippen LogP contribution in [0.2, 0.25) is 0 Å². The molecule has 0 saturated heterocycles. The molecule has 0 N–H and O–H groups in total. The van der Waals surface area contributed by atoms with Crippen molar-refractivity contribution in [2.24, 2.45) is 0 Å². The minimum absolute atomic E-state index is 1.15. The molecule has 0 aliphatic rings. The average molecular weight is 773 g/mol. The number of para-hydroxylation sites is 2. The summed E-state index contributed by atoms with van der Waals surface area (Å²) in [5.41, 5.74) is 12.2. The number of nitrogens with zero attached hydrogens (tertiary/aromatic N) is 2. The Labute approximate surface area is 341 Å². The summed E-state index contributed by atoms with van der Waals surface area (Å²) in [6.07, 6.45) is 0. The third-order valence-electron chi connectivity index (χ3n) is 12.1. The molecule has 4 heterocycles. The molecule has 13 rings (SSSR count). The molecule has 0 radical (unpaired) electrons. The Morgan fingerprint density at radius 2 is 0.948 bits per heavy atom. The molecule has 2 nitrogen and oxygen atoms in total. The molecule has 0 aliphatic carbocycles. The van der Waals surface area contributed by atoms with Gasteiger partial charge in [0.05, 0.1) is 22.1 Å². The predicted molar refractivity (Wildman–Crippen MR) is 252 cm³/mol. The average Bonchev–Trinajstić information content (AvgIpc) is 4.04. The lowest BCUT2D eigenvalue weighted by atomic mass is 9.98. The smallest absolute Gasteiger partial charge is 0.0641 e. The van der Waals surface area contributed by atoms with Gasteiger partial charge in [0, 0.05) is 78.8 Å². The third-order valence-corrected chi connectivity index (χ3v) is 14.5. The second-order valence-electron chi connectivity index (χ2n) is 15.2. The maximum atomic E-state index is 2.52. The number of hydrogen-bond donors (Lipinski definition) is 0. The summed E-state index contributed by atoms with van der Waals surface area (Å²) in [4.78, 5) is 0. The van der Waals surface area contributed by atoms with Gasteiger partial charge in [0.25, 0.3) is 0 Å². The van der Waals surface area contributed by atoms with Crippen LogP contribution in [-0.2, 0) is 0 Å². The molecule has 0 spiro atoms. The molecule has 0 saturated carbocycles. The van der Waals surface area contributed by atoms with Gasteiger partial charge >= 0.3 is 0 Å². The van der Waals surface area contributed by atoms with Crippen LogP contribution in [0, 0.1) is 0 Å². The van der Waals surface area contributed by atoms with Crippen molar-refractivity contribution in [2.75, 3.05) is 0 Å². The highest BCUT2D eigenvalue weighted by Crippen LogP contribution is 2.47. The third kappa shape index (κ3) is 4.53. The highest BCUT2D eigenvalue weighted by molar-refractivity contribution is 7.26. The van der Waals surface area contributed by atoms with Crippen LogP contribution in [0.4, 0.5) is 0 Å². The number of hydrogen-bond acceptors (Lipinski definition) is 2. The van der Waals surface area contributed by atoms with E-state index in [9.17, 15) is 0 Å². The maximum Gasteiger partial charge on any atom is 0.0641 e. The van der Waals surface area contributed by atoms with Gasteiger partial charge in [-0.2, -0.15) is 0 Å². The van der Waals surface area contributed by atoms with Crippen LogP contribution in [0.25, 0.3) is 118 Å². The first-order chi connectivity index (χ1) is 28.8. The lowest BCUT2D eigenvalue weighted by Crippen LogP contribution is -1.95. The van der Waals surface area contributed by atoms with Gasteiger partial charge in [-0.25, -0.2) is 0 Å². The van der Waals surface area contributed by atoms with Crippen LogP contribution in [0.15, 0.2) is 194 Å². The Morgan fingerprint density at radius 1 is 0.310 bits per heavy atom. The number of aromatic nitrogens is 2. The Morgan fingerprint density at radius 3 is 1.81 bits per heavy atom. The summed E-state index contributed by atoms with van der Waals surface area (Å²) in [5.74, 6) is 0. The van der Waals surface area contributed by atoms with Crippen LogP contribution in [0.5, 0.6) is 0 Å². The Kier molecular flexibility index (Phi) is 6.79. The molecule has 0 aliphatic heterocycles. The van der Waals surface area contributed by atoms with E-state index in [4.69, 9.17) is 0 Å². The summed E-state index contributed by atoms with van der Waals surface area (Å²) >= 11 is 3.79. The topological polar surface area (TPSA) is 9.86 Å². The SMILES string of the molecule is c1ccc(-c2ccc(-n3c4ccccc4c4c3ccc3c5ccccc5n(-c5ccc6sc7c(-c8cccc9sc%10ccccc%10c89)cccc7c6c5)c34)cc2)cc1. The van der Waals surface area contributed by atoms with E-state index in [0.717, 1.165) is 5.69 Å². The number of thiophene rings is 2. The molecule has 0 unspecified atom stereocenters. The molecule has 0 amide bonds. The standard InChI is InChI=1S/C54H32N2S2/c1-2-12-33(13-3-1)34-24-26-35(27-25-34)55-46-21-8-5-15-42(46)52-47(55)30-29-39-37-14-4-7-20-45(37)56(53(39)52)36-28-31-49-44(32-36)41-19-10-18-40(54(41)58-49)38-17-11-23-50-51(38)43-16-6-9-22-48(43)57-50/h1-32H. The van der Waals surface area contributed by atoms with Crippen molar-refractivity contribution in [1.29, 1.82) is 0 Å². The van der Waals surface area contributed by atoms with Gasteiger partial charge in [-0.3, -0.25) is 0 Å². The van der Waals surface area contributed by atoms with Gasteiger partial charge in [-0.1, -0.05) is 133 Å². The van der Waals surface area contributed by atoms with Gasteiger partial charge < -0.3 is 9.13 Å². The molecule has 0 fully saturated rings. The first kappa shape index (κ1) is 32.1. The molecular formula is C54H32N2S2. The van der Waals surface area contributed by atoms with Crippen molar-refractivity contribution in [3.05, 3.63) is 194 Å². The van der Waals surface area contributed by atoms with Crippen molar-refractivity contribution in [1.82, 2.24) is 9.13 Å². The van der Waals surface area contributed by atoms with Crippen LogP contribution in [0.1, 0.15) is 0 Å². The quantitative estimate of drug-likeness (QED) is 0.169. The Balaban J connectivity index is 1.06. The molecule has 58 heavy (non-hydrogen) atoms. The van der Waals surface area contributed by atoms with Gasteiger partial charge in [-0.05, 0) is 77.4 Å². The molecular weight excluding hydrogens is 741 g/mol. The monoisotopic (exact) mass is 772 g/mol.